The van der Waals surface area contributed by atoms with Gasteiger partial charge in [-0.25, -0.2) is 4.98 Å². The van der Waals surface area contributed by atoms with Gasteiger partial charge < -0.3 is 11.1 Å². The zero-order valence-electron chi connectivity index (χ0n) is 7.66. The summed E-state index contributed by atoms with van der Waals surface area (Å²) in [4.78, 5) is 14.9. The summed E-state index contributed by atoms with van der Waals surface area (Å²) in [6.07, 6.45) is 6.69. The van der Waals surface area contributed by atoms with Crippen LogP contribution in [0.15, 0.2) is 18.3 Å². The van der Waals surface area contributed by atoms with Crippen molar-refractivity contribution in [3.63, 3.8) is 0 Å². The average Bonchev–Trinajstić information content (AvgIpc) is 2.17. The number of carbonyl (C=O) groups is 1. The fraction of sp³-hybridized carbons (Fsp3) is 0.200. The van der Waals surface area contributed by atoms with Crippen molar-refractivity contribution in [2.24, 2.45) is 0 Å². The van der Waals surface area contributed by atoms with Crippen molar-refractivity contribution in [2.45, 2.75) is 13.0 Å². The van der Waals surface area contributed by atoms with Crippen LogP contribution in [0.4, 0.5) is 5.82 Å². The van der Waals surface area contributed by atoms with Gasteiger partial charge in [-0.15, -0.1) is 6.42 Å². The first-order chi connectivity index (χ1) is 6.72. The molecule has 1 aromatic rings. The van der Waals surface area contributed by atoms with Gasteiger partial charge in [0.25, 0.3) is 0 Å². The summed E-state index contributed by atoms with van der Waals surface area (Å²) in [6, 6.07) is 3.49. The molecule has 0 bridgehead atoms. The van der Waals surface area contributed by atoms with Crippen molar-refractivity contribution in [1.29, 1.82) is 0 Å². The Kier molecular flexibility index (Phi) is 3.50. The van der Waals surface area contributed by atoms with E-state index >= 15 is 0 Å². The van der Waals surface area contributed by atoms with E-state index in [9.17, 15) is 4.79 Å². The molecule has 1 rings (SSSR count). The Hall–Kier alpha value is -2.02. The third kappa shape index (κ3) is 3.15. The van der Waals surface area contributed by atoms with E-state index in [1.54, 1.807) is 18.3 Å². The first-order valence-electron chi connectivity index (χ1n) is 4.13. The van der Waals surface area contributed by atoms with Gasteiger partial charge in [0.15, 0.2) is 0 Å². The minimum atomic E-state index is -0.163. The number of nitrogen functional groups attached to an aromatic ring is 1. The number of amides is 1. The Bertz CT molecular complexity index is 351. The first kappa shape index (κ1) is 10.1. The molecule has 0 radical (unpaired) electrons. The normalized spacial score (nSPS) is 9.07. The molecule has 0 aromatic carbocycles. The van der Waals surface area contributed by atoms with Crippen LogP contribution in [0, 0.1) is 12.3 Å². The van der Waals surface area contributed by atoms with Crippen LogP contribution in [0.5, 0.6) is 0 Å². The van der Waals surface area contributed by atoms with E-state index < -0.39 is 0 Å². The van der Waals surface area contributed by atoms with Gasteiger partial charge in [-0.1, -0.05) is 12.0 Å². The smallest absolute Gasteiger partial charge is 0.232 e. The van der Waals surface area contributed by atoms with Crippen LogP contribution in [-0.2, 0) is 11.3 Å². The highest BCUT2D eigenvalue weighted by Gasteiger charge is 1.98. The summed E-state index contributed by atoms with van der Waals surface area (Å²) in [5, 5.41) is 2.66. The van der Waals surface area contributed by atoms with Crippen LogP contribution in [0.1, 0.15) is 12.0 Å². The molecular formula is C10H11N3O. The largest absolute Gasteiger partial charge is 0.384 e. The van der Waals surface area contributed by atoms with E-state index in [0.29, 0.717) is 12.4 Å². The molecule has 0 saturated carbocycles. The monoisotopic (exact) mass is 189 g/mol. The number of terminal acetylenes is 1. The molecule has 4 heteroatoms. The van der Waals surface area contributed by atoms with Crippen LogP contribution in [0.25, 0.3) is 0 Å². The van der Waals surface area contributed by atoms with Gasteiger partial charge in [0.05, 0.1) is 6.42 Å². The number of pyridine rings is 1. The summed E-state index contributed by atoms with van der Waals surface area (Å²) < 4.78 is 0. The van der Waals surface area contributed by atoms with Crippen LogP contribution in [-0.4, -0.2) is 10.9 Å². The zero-order chi connectivity index (χ0) is 10.4. The summed E-state index contributed by atoms with van der Waals surface area (Å²) in [5.41, 5.74) is 6.30. The second-order valence-corrected chi connectivity index (χ2v) is 2.75. The summed E-state index contributed by atoms with van der Waals surface area (Å²) >= 11 is 0. The number of nitrogens with one attached hydrogen (secondary N) is 1. The standard InChI is InChI=1S/C10H11N3O/c1-2-3-10(14)13-7-8-4-5-9(11)12-6-8/h1,4-6H,3,7H2,(H2,11,12)(H,13,14). The number of rotatable bonds is 3. The molecule has 3 N–H and O–H groups in total. The van der Waals surface area contributed by atoms with Crippen molar-refractivity contribution in [3.8, 4) is 12.3 Å². The number of anilines is 1. The summed E-state index contributed by atoms with van der Waals surface area (Å²) in [6.45, 7) is 0.424. The maximum absolute atomic E-state index is 11.0. The fourth-order valence-electron chi connectivity index (χ4n) is 0.896. The van der Waals surface area contributed by atoms with Gasteiger partial charge in [-0.3, -0.25) is 4.79 Å². The maximum atomic E-state index is 11.0. The predicted octanol–water partition coefficient (Wildman–Crippen LogP) is 0.303. The molecule has 0 fully saturated rings. The van der Waals surface area contributed by atoms with Crippen LogP contribution >= 0.6 is 0 Å². The third-order valence-corrected chi connectivity index (χ3v) is 1.60. The lowest BCUT2D eigenvalue weighted by atomic mass is 10.3. The number of nitrogens with two attached hydrogens (primary N) is 1. The number of aromatic nitrogens is 1. The molecule has 72 valence electrons. The van der Waals surface area contributed by atoms with Gasteiger partial charge >= 0.3 is 0 Å². The van der Waals surface area contributed by atoms with E-state index in [4.69, 9.17) is 12.2 Å². The van der Waals surface area contributed by atoms with Crippen LogP contribution in [0.2, 0.25) is 0 Å². The molecular weight excluding hydrogens is 178 g/mol. The zero-order valence-corrected chi connectivity index (χ0v) is 7.66. The maximum Gasteiger partial charge on any atom is 0.232 e. The second-order valence-electron chi connectivity index (χ2n) is 2.75. The highest BCUT2D eigenvalue weighted by Crippen LogP contribution is 2.00. The molecule has 1 heterocycles. The van der Waals surface area contributed by atoms with Crippen molar-refractivity contribution in [2.75, 3.05) is 5.73 Å². The average molecular weight is 189 g/mol. The number of nitrogens with zero attached hydrogens (tertiary/aromatic N) is 1. The minimum Gasteiger partial charge on any atom is -0.384 e. The second kappa shape index (κ2) is 4.87. The van der Waals surface area contributed by atoms with E-state index in [-0.39, 0.29) is 12.3 Å². The number of hydrogen-bond acceptors (Lipinski definition) is 3. The lowest BCUT2D eigenvalue weighted by molar-refractivity contribution is -0.120. The topological polar surface area (TPSA) is 68.0 Å². The summed E-state index contributed by atoms with van der Waals surface area (Å²) in [7, 11) is 0. The highest BCUT2D eigenvalue weighted by molar-refractivity contribution is 5.78. The number of hydrogen-bond donors (Lipinski definition) is 2. The fourth-order valence-corrected chi connectivity index (χ4v) is 0.896. The molecule has 1 aromatic heterocycles. The molecule has 0 aliphatic heterocycles. The molecule has 0 atom stereocenters. The molecule has 4 nitrogen and oxygen atoms in total. The third-order valence-electron chi connectivity index (χ3n) is 1.60. The van der Waals surface area contributed by atoms with Gasteiger partial charge in [-0.05, 0) is 11.6 Å². The minimum absolute atomic E-state index is 0.0996. The molecule has 0 unspecified atom stereocenters. The van der Waals surface area contributed by atoms with Crippen molar-refractivity contribution in [1.82, 2.24) is 10.3 Å². The molecule has 0 aliphatic rings. The lowest BCUT2D eigenvalue weighted by Gasteiger charge is -2.02. The van der Waals surface area contributed by atoms with E-state index in [2.05, 4.69) is 16.2 Å². The molecule has 0 saturated heterocycles. The Labute approximate surface area is 82.5 Å². The van der Waals surface area contributed by atoms with Crippen molar-refractivity contribution in [3.05, 3.63) is 23.9 Å². The van der Waals surface area contributed by atoms with Gasteiger partial charge in [0.2, 0.25) is 5.91 Å². The first-order valence-corrected chi connectivity index (χ1v) is 4.13. The van der Waals surface area contributed by atoms with Gasteiger partial charge in [-0.2, -0.15) is 0 Å². The Morgan fingerprint density at radius 3 is 3.00 bits per heavy atom. The SMILES string of the molecule is C#CCC(=O)NCc1ccc(N)nc1. The van der Waals surface area contributed by atoms with Crippen LogP contribution in [0.3, 0.4) is 0 Å². The highest BCUT2D eigenvalue weighted by atomic mass is 16.1. The number of carbonyl (C=O) groups excluding carboxylic acids is 1. The summed E-state index contributed by atoms with van der Waals surface area (Å²) in [5.74, 6) is 2.56. The molecule has 0 spiro atoms. The van der Waals surface area contributed by atoms with E-state index in [1.807, 2.05) is 0 Å². The predicted molar refractivity (Wildman–Crippen MR) is 53.9 cm³/mol. The molecule has 0 aliphatic carbocycles. The van der Waals surface area contributed by atoms with E-state index in [0.717, 1.165) is 5.56 Å². The Morgan fingerprint density at radius 2 is 2.43 bits per heavy atom. The van der Waals surface area contributed by atoms with E-state index in [1.165, 1.54) is 0 Å². The Morgan fingerprint density at radius 1 is 1.64 bits per heavy atom. The van der Waals surface area contributed by atoms with Gasteiger partial charge in [0, 0.05) is 12.7 Å². The Balaban J connectivity index is 2.43. The molecule has 14 heavy (non-hydrogen) atoms. The lowest BCUT2D eigenvalue weighted by Crippen LogP contribution is -2.21. The quantitative estimate of drug-likeness (QED) is 0.672. The van der Waals surface area contributed by atoms with Crippen molar-refractivity contribution < 1.29 is 4.79 Å². The van der Waals surface area contributed by atoms with Crippen molar-refractivity contribution >= 4 is 11.7 Å². The molecule has 1 amide bonds. The van der Waals surface area contributed by atoms with Crippen LogP contribution < -0.4 is 11.1 Å². The van der Waals surface area contributed by atoms with Gasteiger partial charge in [0.1, 0.15) is 5.82 Å².